The number of nitrogens with one attached hydrogen (secondary N) is 1. The topological polar surface area (TPSA) is 108 Å². The highest BCUT2D eigenvalue weighted by Gasteiger charge is 2.14. The fraction of sp³-hybridized carbons (Fsp3) is 0.429. The molecule has 1 aromatic rings. The number of rotatable bonds is 4. The summed E-state index contributed by atoms with van der Waals surface area (Å²) >= 11 is 1.16. The van der Waals surface area contributed by atoms with Gasteiger partial charge in [-0.05, 0) is 0 Å². The van der Waals surface area contributed by atoms with Gasteiger partial charge in [-0.2, -0.15) is 0 Å². The van der Waals surface area contributed by atoms with Crippen molar-refractivity contribution in [3.63, 3.8) is 0 Å². The summed E-state index contributed by atoms with van der Waals surface area (Å²) in [6, 6.07) is -0.662. The van der Waals surface area contributed by atoms with Crippen molar-refractivity contribution in [2.75, 3.05) is 18.9 Å². The smallest absolute Gasteiger partial charge is 0.271 e. The first-order valence-corrected chi connectivity index (χ1v) is 4.79. The summed E-state index contributed by atoms with van der Waals surface area (Å²) in [6.45, 7) is -0.635. The Kier molecular flexibility index (Phi) is 3.81. The molecule has 5 N–H and O–H groups in total. The number of nitrogen functional groups attached to an aromatic ring is 1. The molecule has 1 heterocycles. The van der Waals surface area contributed by atoms with Crippen molar-refractivity contribution in [3.05, 3.63) is 11.1 Å². The molecule has 7 heteroatoms. The Bertz CT molecular complexity index is 311. The third-order valence-corrected chi connectivity index (χ3v) is 2.20. The number of carbonyl (C=O) groups excluding carboxylic acids is 1. The van der Waals surface area contributed by atoms with Crippen LogP contribution in [0, 0.1) is 0 Å². The van der Waals surface area contributed by atoms with Gasteiger partial charge in [-0.3, -0.25) is 4.79 Å². The lowest BCUT2D eigenvalue weighted by molar-refractivity contribution is 0.0875. The lowest BCUT2D eigenvalue weighted by Gasteiger charge is -2.11. The summed E-state index contributed by atoms with van der Waals surface area (Å²) in [5.74, 6) is -0.453. The monoisotopic (exact) mass is 217 g/mol. The summed E-state index contributed by atoms with van der Waals surface area (Å²) in [5, 5.41) is 21.6. The van der Waals surface area contributed by atoms with Gasteiger partial charge >= 0.3 is 0 Å². The van der Waals surface area contributed by atoms with Gasteiger partial charge in [-0.1, -0.05) is 0 Å². The van der Waals surface area contributed by atoms with Crippen LogP contribution in [0.5, 0.6) is 0 Å². The second-order valence-electron chi connectivity index (χ2n) is 2.61. The van der Waals surface area contributed by atoms with Gasteiger partial charge in [0.15, 0.2) is 5.13 Å². The third kappa shape index (κ3) is 2.66. The second-order valence-corrected chi connectivity index (χ2v) is 3.50. The number of amides is 1. The Morgan fingerprint density at radius 1 is 1.64 bits per heavy atom. The van der Waals surface area contributed by atoms with Gasteiger partial charge < -0.3 is 21.3 Å². The van der Waals surface area contributed by atoms with E-state index in [4.69, 9.17) is 15.9 Å². The number of nitrogens with two attached hydrogens (primary N) is 1. The summed E-state index contributed by atoms with van der Waals surface area (Å²) in [4.78, 5) is 15.1. The van der Waals surface area contributed by atoms with Gasteiger partial charge in [-0.15, -0.1) is 11.3 Å². The number of nitrogens with zero attached hydrogens (tertiary/aromatic N) is 1. The Balaban J connectivity index is 2.58. The van der Waals surface area contributed by atoms with Crippen LogP contribution in [0.25, 0.3) is 0 Å². The molecule has 1 aromatic heterocycles. The zero-order valence-corrected chi connectivity index (χ0v) is 8.12. The summed E-state index contributed by atoms with van der Waals surface area (Å²) in [5.41, 5.74) is 5.53. The van der Waals surface area contributed by atoms with E-state index in [1.165, 1.54) is 5.38 Å². The van der Waals surface area contributed by atoms with Crippen molar-refractivity contribution in [1.82, 2.24) is 10.3 Å². The third-order valence-electron chi connectivity index (χ3n) is 1.53. The summed E-state index contributed by atoms with van der Waals surface area (Å²) < 4.78 is 0. The van der Waals surface area contributed by atoms with Gasteiger partial charge in [-0.25, -0.2) is 4.98 Å². The number of hydrogen-bond donors (Lipinski definition) is 4. The molecule has 0 fully saturated rings. The zero-order valence-electron chi connectivity index (χ0n) is 7.30. The van der Waals surface area contributed by atoms with E-state index in [2.05, 4.69) is 10.3 Å². The predicted molar refractivity (Wildman–Crippen MR) is 52.0 cm³/mol. The Morgan fingerprint density at radius 2 is 2.29 bits per heavy atom. The van der Waals surface area contributed by atoms with E-state index in [9.17, 15) is 4.79 Å². The molecule has 78 valence electrons. The van der Waals surface area contributed by atoms with Crippen LogP contribution in [0.3, 0.4) is 0 Å². The van der Waals surface area contributed by atoms with Crippen LogP contribution >= 0.6 is 11.3 Å². The highest BCUT2D eigenvalue weighted by atomic mass is 32.1. The Morgan fingerprint density at radius 3 is 2.71 bits per heavy atom. The van der Waals surface area contributed by atoms with Crippen LogP contribution < -0.4 is 11.1 Å². The minimum absolute atomic E-state index is 0.194. The van der Waals surface area contributed by atoms with Gasteiger partial charge in [0.2, 0.25) is 0 Å². The molecule has 0 aliphatic heterocycles. The first-order chi connectivity index (χ1) is 6.67. The number of anilines is 1. The molecule has 0 spiro atoms. The molecule has 0 saturated heterocycles. The molecule has 0 unspecified atom stereocenters. The van der Waals surface area contributed by atoms with E-state index >= 15 is 0 Å². The van der Waals surface area contributed by atoms with E-state index in [-0.39, 0.29) is 18.9 Å². The lowest BCUT2D eigenvalue weighted by Crippen LogP contribution is -2.40. The van der Waals surface area contributed by atoms with Crippen LogP contribution in [-0.2, 0) is 0 Å². The molecule has 6 nitrogen and oxygen atoms in total. The number of aromatic nitrogens is 1. The maximum Gasteiger partial charge on any atom is 0.271 e. The number of thiazole rings is 1. The maximum atomic E-state index is 11.3. The quantitative estimate of drug-likeness (QED) is 0.507. The van der Waals surface area contributed by atoms with Crippen molar-refractivity contribution < 1.29 is 15.0 Å². The molecule has 0 radical (unpaired) electrons. The largest absolute Gasteiger partial charge is 0.394 e. The molecule has 1 amide bonds. The SMILES string of the molecule is Nc1nc(C(=O)NC(CO)CO)cs1. The predicted octanol–water partition coefficient (Wildman–Crippen LogP) is -1.19. The molecule has 14 heavy (non-hydrogen) atoms. The van der Waals surface area contributed by atoms with Crippen LogP contribution in [0.1, 0.15) is 10.5 Å². The number of hydrogen-bond acceptors (Lipinski definition) is 6. The molecule has 0 aliphatic rings. The Hall–Kier alpha value is -1.18. The van der Waals surface area contributed by atoms with E-state index in [1.54, 1.807) is 0 Å². The van der Waals surface area contributed by atoms with Crippen LogP contribution in [0.15, 0.2) is 5.38 Å². The highest BCUT2D eigenvalue weighted by Crippen LogP contribution is 2.10. The molecular formula is C7H11N3O3S. The number of carbonyl (C=O) groups is 1. The van der Waals surface area contributed by atoms with Crippen molar-refractivity contribution in [1.29, 1.82) is 0 Å². The van der Waals surface area contributed by atoms with Crippen LogP contribution in [0.2, 0.25) is 0 Å². The average Bonchev–Trinajstić information content (AvgIpc) is 2.61. The molecule has 0 saturated carbocycles. The minimum Gasteiger partial charge on any atom is -0.394 e. The fourth-order valence-electron chi connectivity index (χ4n) is 0.800. The number of aliphatic hydroxyl groups is 2. The van der Waals surface area contributed by atoms with Gasteiger partial charge in [0.1, 0.15) is 5.69 Å². The van der Waals surface area contributed by atoms with Crippen molar-refractivity contribution in [3.8, 4) is 0 Å². The fourth-order valence-corrected chi connectivity index (χ4v) is 1.34. The minimum atomic E-state index is -0.662. The van der Waals surface area contributed by atoms with Gasteiger partial charge in [0, 0.05) is 5.38 Å². The van der Waals surface area contributed by atoms with Crippen molar-refractivity contribution >= 4 is 22.4 Å². The van der Waals surface area contributed by atoms with Gasteiger partial charge in [0.05, 0.1) is 19.3 Å². The van der Waals surface area contributed by atoms with Gasteiger partial charge in [0.25, 0.3) is 5.91 Å². The molecule has 0 bridgehead atoms. The number of aliphatic hydroxyl groups excluding tert-OH is 2. The first kappa shape index (κ1) is 10.9. The van der Waals surface area contributed by atoms with E-state index in [0.717, 1.165) is 11.3 Å². The average molecular weight is 217 g/mol. The zero-order chi connectivity index (χ0) is 10.6. The molecule has 0 atom stereocenters. The first-order valence-electron chi connectivity index (χ1n) is 3.91. The normalized spacial score (nSPS) is 10.5. The van der Waals surface area contributed by atoms with E-state index in [0.29, 0.717) is 5.13 Å². The second kappa shape index (κ2) is 4.89. The molecular weight excluding hydrogens is 206 g/mol. The highest BCUT2D eigenvalue weighted by molar-refractivity contribution is 7.13. The van der Waals surface area contributed by atoms with Crippen LogP contribution in [-0.4, -0.2) is 40.4 Å². The lowest BCUT2D eigenvalue weighted by atomic mass is 10.3. The molecule has 0 aromatic carbocycles. The molecule has 1 rings (SSSR count). The summed E-state index contributed by atoms with van der Waals surface area (Å²) in [7, 11) is 0. The Labute approximate surface area is 84.4 Å². The summed E-state index contributed by atoms with van der Waals surface area (Å²) in [6.07, 6.45) is 0. The van der Waals surface area contributed by atoms with E-state index in [1.807, 2.05) is 0 Å². The van der Waals surface area contributed by atoms with Crippen molar-refractivity contribution in [2.45, 2.75) is 6.04 Å². The van der Waals surface area contributed by atoms with Crippen molar-refractivity contribution in [2.24, 2.45) is 0 Å². The van der Waals surface area contributed by atoms with E-state index < -0.39 is 11.9 Å². The molecule has 0 aliphatic carbocycles. The van der Waals surface area contributed by atoms with Crippen LogP contribution in [0.4, 0.5) is 5.13 Å². The standard InChI is InChI=1S/C7H11N3O3S/c8-7-10-5(3-14-7)6(13)9-4(1-11)2-12/h3-4,11-12H,1-2H2,(H2,8,10)(H,9,13). The maximum absolute atomic E-state index is 11.3.